The number of phenolic OH excluding ortho intramolecular Hbond substituents is 1. The molecule has 0 radical (unpaired) electrons. The molecule has 0 unspecified atom stereocenters. The maximum Gasteiger partial charge on any atom is 0.250 e. The lowest BCUT2D eigenvalue weighted by molar-refractivity contribution is 0.475. The highest BCUT2D eigenvalue weighted by molar-refractivity contribution is 6.30. The van der Waals surface area contributed by atoms with E-state index in [0.29, 0.717) is 11.6 Å². The van der Waals surface area contributed by atoms with E-state index in [0.717, 1.165) is 5.56 Å². The number of aromatic nitrogens is 1. The van der Waals surface area contributed by atoms with Crippen LogP contribution in [0.5, 0.6) is 5.75 Å². The highest BCUT2D eigenvalue weighted by Gasteiger charge is 1.99. The Kier molecular flexibility index (Phi) is 2.97. The fourth-order valence-corrected chi connectivity index (χ4v) is 1.60. The topological polar surface area (TPSA) is 42.2 Å². The molecular weight excluding hydrogens is 226 g/mol. The molecule has 0 fully saturated rings. The molecule has 3 nitrogen and oxygen atoms in total. The summed E-state index contributed by atoms with van der Waals surface area (Å²) in [6.07, 6.45) is 1.59. The second-order valence-electron chi connectivity index (χ2n) is 3.48. The molecule has 1 N–H and O–H groups in total. The lowest BCUT2D eigenvalue weighted by Gasteiger charge is -2.05. The van der Waals surface area contributed by atoms with Gasteiger partial charge in [0.05, 0.1) is 11.6 Å². The number of hydrogen-bond acceptors (Lipinski definition) is 2. The minimum atomic E-state index is -0.0996. The molecule has 0 saturated heterocycles. The second-order valence-corrected chi connectivity index (χ2v) is 3.92. The van der Waals surface area contributed by atoms with Crippen molar-refractivity contribution in [1.29, 1.82) is 0 Å². The Balaban J connectivity index is 2.30. The molecule has 0 atom stereocenters. The van der Waals surface area contributed by atoms with E-state index in [1.54, 1.807) is 36.5 Å². The van der Waals surface area contributed by atoms with Crippen LogP contribution in [0, 0.1) is 0 Å². The quantitative estimate of drug-likeness (QED) is 0.868. The molecule has 1 aromatic carbocycles. The van der Waals surface area contributed by atoms with Crippen molar-refractivity contribution >= 4 is 11.6 Å². The first-order chi connectivity index (χ1) is 7.65. The molecule has 4 heteroatoms. The zero-order chi connectivity index (χ0) is 11.5. The molecule has 0 amide bonds. The monoisotopic (exact) mass is 235 g/mol. The van der Waals surface area contributed by atoms with Crippen LogP contribution < -0.4 is 5.56 Å². The highest BCUT2D eigenvalue weighted by atomic mass is 35.5. The highest BCUT2D eigenvalue weighted by Crippen LogP contribution is 2.11. The number of benzene rings is 1. The zero-order valence-electron chi connectivity index (χ0n) is 8.43. The van der Waals surface area contributed by atoms with E-state index >= 15 is 0 Å². The summed E-state index contributed by atoms with van der Waals surface area (Å²) in [6.45, 7) is 0.444. The van der Waals surface area contributed by atoms with Crippen LogP contribution in [0.15, 0.2) is 47.4 Å². The van der Waals surface area contributed by atoms with Gasteiger partial charge in [-0.25, -0.2) is 0 Å². The van der Waals surface area contributed by atoms with Crippen LogP contribution in [0.25, 0.3) is 0 Å². The van der Waals surface area contributed by atoms with Gasteiger partial charge in [0.2, 0.25) is 0 Å². The van der Waals surface area contributed by atoms with E-state index in [1.165, 1.54) is 10.6 Å². The molecule has 1 heterocycles. The number of hydrogen-bond donors (Lipinski definition) is 1. The molecule has 2 aromatic rings. The summed E-state index contributed by atoms with van der Waals surface area (Å²) in [6, 6.07) is 9.71. The largest absolute Gasteiger partial charge is 0.508 e. The van der Waals surface area contributed by atoms with Crippen LogP contribution in [0.3, 0.4) is 0 Å². The average molecular weight is 236 g/mol. The Morgan fingerprint density at radius 2 is 1.81 bits per heavy atom. The summed E-state index contributed by atoms with van der Waals surface area (Å²) in [7, 11) is 0. The summed E-state index contributed by atoms with van der Waals surface area (Å²) >= 11 is 5.81. The molecule has 0 aliphatic rings. The first-order valence-electron chi connectivity index (χ1n) is 4.79. The third kappa shape index (κ3) is 2.44. The predicted molar refractivity (Wildman–Crippen MR) is 62.9 cm³/mol. The van der Waals surface area contributed by atoms with E-state index in [9.17, 15) is 4.79 Å². The van der Waals surface area contributed by atoms with E-state index in [-0.39, 0.29) is 11.3 Å². The van der Waals surface area contributed by atoms with Gasteiger partial charge in [-0.2, -0.15) is 0 Å². The zero-order valence-corrected chi connectivity index (χ0v) is 9.19. The van der Waals surface area contributed by atoms with E-state index in [4.69, 9.17) is 16.7 Å². The summed E-state index contributed by atoms with van der Waals surface area (Å²) < 4.78 is 1.52. The van der Waals surface area contributed by atoms with Gasteiger partial charge in [0.25, 0.3) is 5.56 Å². The third-order valence-electron chi connectivity index (χ3n) is 2.24. The third-order valence-corrected chi connectivity index (χ3v) is 2.46. The molecule has 1 aromatic heterocycles. The van der Waals surface area contributed by atoms with E-state index < -0.39 is 0 Å². The van der Waals surface area contributed by atoms with Crippen molar-refractivity contribution in [2.24, 2.45) is 0 Å². The Morgan fingerprint density at radius 3 is 2.50 bits per heavy atom. The van der Waals surface area contributed by atoms with E-state index in [2.05, 4.69) is 0 Å². The average Bonchev–Trinajstić information content (AvgIpc) is 2.27. The minimum Gasteiger partial charge on any atom is -0.508 e. The first kappa shape index (κ1) is 10.8. The lowest BCUT2D eigenvalue weighted by Crippen LogP contribution is -2.18. The van der Waals surface area contributed by atoms with Gasteiger partial charge in [-0.15, -0.1) is 0 Å². The van der Waals surface area contributed by atoms with Gasteiger partial charge < -0.3 is 9.67 Å². The lowest BCUT2D eigenvalue weighted by atomic mass is 10.2. The Morgan fingerprint density at radius 1 is 1.12 bits per heavy atom. The van der Waals surface area contributed by atoms with Crippen molar-refractivity contribution in [1.82, 2.24) is 4.57 Å². The van der Waals surface area contributed by atoms with Crippen LogP contribution in [0.4, 0.5) is 0 Å². The molecule has 0 saturated carbocycles. The van der Waals surface area contributed by atoms with Gasteiger partial charge in [-0.1, -0.05) is 23.7 Å². The van der Waals surface area contributed by atoms with E-state index in [1.807, 2.05) is 0 Å². The fourth-order valence-electron chi connectivity index (χ4n) is 1.42. The van der Waals surface area contributed by atoms with Crippen molar-refractivity contribution in [3.05, 3.63) is 63.5 Å². The molecule has 82 valence electrons. The Hall–Kier alpha value is -1.74. The van der Waals surface area contributed by atoms with Crippen LogP contribution in [0.2, 0.25) is 5.02 Å². The van der Waals surface area contributed by atoms with Gasteiger partial charge in [0.15, 0.2) is 0 Å². The molecule has 0 bridgehead atoms. The Labute approximate surface area is 97.5 Å². The van der Waals surface area contributed by atoms with Crippen LogP contribution in [-0.4, -0.2) is 9.67 Å². The van der Waals surface area contributed by atoms with Crippen molar-refractivity contribution in [3.8, 4) is 5.75 Å². The van der Waals surface area contributed by atoms with Crippen molar-refractivity contribution in [3.63, 3.8) is 0 Å². The summed E-state index contributed by atoms with van der Waals surface area (Å²) in [5, 5.41) is 9.66. The summed E-state index contributed by atoms with van der Waals surface area (Å²) in [5.74, 6) is 0.210. The maximum absolute atomic E-state index is 11.5. The number of aromatic hydroxyl groups is 1. The molecule has 16 heavy (non-hydrogen) atoms. The van der Waals surface area contributed by atoms with Crippen LogP contribution in [0.1, 0.15) is 5.56 Å². The smallest absolute Gasteiger partial charge is 0.250 e. The van der Waals surface area contributed by atoms with Gasteiger partial charge in [-0.3, -0.25) is 4.79 Å². The van der Waals surface area contributed by atoms with Crippen molar-refractivity contribution in [2.75, 3.05) is 0 Å². The molecular formula is C12H10ClNO2. The number of rotatable bonds is 2. The maximum atomic E-state index is 11.5. The summed E-state index contributed by atoms with van der Waals surface area (Å²) in [4.78, 5) is 11.5. The number of nitrogens with zero attached hydrogens (tertiary/aromatic N) is 1. The summed E-state index contributed by atoms with van der Waals surface area (Å²) in [5.41, 5.74) is 0.833. The van der Waals surface area contributed by atoms with Gasteiger partial charge in [0.1, 0.15) is 5.75 Å². The fraction of sp³-hybridized carbons (Fsp3) is 0.0833. The van der Waals surface area contributed by atoms with Gasteiger partial charge in [-0.05, 0) is 23.8 Å². The van der Waals surface area contributed by atoms with Crippen molar-refractivity contribution in [2.45, 2.75) is 6.54 Å². The molecule has 2 rings (SSSR count). The number of phenols is 1. The number of halogens is 1. The van der Waals surface area contributed by atoms with Crippen molar-refractivity contribution < 1.29 is 5.11 Å². The minimum absolute atomic E-state index is 0.0996. The molecule has 0 aliphatic carbocycles. The second kappa shape index (κ2) is 4.41. The molecule has 0 spiro atoms. The first-order valence-corrected chi connectivity index (χ1v) is 5.17. The van der Waals surface area contributed by atoms with Crippen LogP contribution >= 0.6 is 11.6 Å². The van der Waals surface area contributed by atoms with Gasteiger partial charge >= 0.3 is 0 Å². The van der Waals surface area contributed by atoms with Crippen LogP contribution in [-0.2, 0) is 6.54 Å². The number of pyridine rings is 1. The predicted octanol–water partition coefficient (Wildman–Crippen LogP) is 2.26. The Bertz CT molecular complexity index is 546. The molecule has 0 aliphatic heterocycles. The standard InChI is InChI=1S/C12H10ClNO2/c13-10-3-6-12(16)14(8-10)7-9-1-4-11(15)5-2-9/h1-6,8,15H,7H2. The van der Waals surface area contributed by atoms with Gasteiger partial charge in [0, 0.05) is 12.3 Å². The SMILES string of the molecule is O=c1ccc(Cl)cn1Cc1ccc(O)cc1. The normalized spacial score (nSPS) is 10.3.